The van der Waals surface area contributed by atoms with Gasteiger partial charge in [-0.2, -0.15) is 0 Å². The van der Waals surface area contributed by atoms with Gasteiger partial charge in [-0.25, -0.2) is 0 Å². The van der Waals surface area contributed by atoms with Crippen molar-refractivity contribution < 1.29 is 4.74 Å². The number of hydrogen-bond acceptors (Lipinski definition) is 1. The third-order valence-electron chi connectivity index (χ3n) is 3.33. The molecule has 0 aliphatic carbocycles. The van der Waals surface area contributed by atoms with Crippen molar-refractivity contribution in [2.75, 3.05) is 7.11 Å². The van der Waals surface area contributed by atoms with E-state index in [9.17, 15) is 0 Å². The molecule has 2 rings (SSSR count). The first-order chi connectivity index (χ1) is 8.33. The molecule has 0 fully saturated rings. The SMILES string of the molecule is CCC(OC)(c1ccccc1)c1ccccc1. The van der Waals surface area contributed by atoms with E-state index in [4.69, 9.17) is 4.74 Å². The minimum Gasteiger partial charge on any atom is -0.369 e. The van der Waals surface area contributed by atoms with Crippen LogP contribution in [0.5, 0.6) is 0 Å². The predicted octanol–water partition coefficient (Wildman–Crippen LogP) is 3.99. The monoisotopic (exact) mass is 226 g/mol. The van der Waals surface area contributed by atoms with Crippen molar-refractivity contribution in [2.45, 2.75) is 18.9 Å². The summed E-state index contributed by atoms with van der Waals surface area (Å²) < 4.78 is 5.86. The van der Waals surface area contributed by atoms with Crippen molar-refractivity contribution in [1.29, 1.82) is 0 Å². The van der Waals surface area contributed by atoms with Gasteiger partial charge in [0, 0.05) is 7.11 Å². The van der Waals surface area contributed by atoms with Gasteiger partial charge in [-0.3, -0.25) is 0 Å². The number of hydrogen-bond donors (Lipinski definition) is 0. The summed E-state index contributed by atoms with van der Waals surface area (Å²) in [6.45, 7) is 2.16. The van der Waals surface area contributed by atoms with Crippen LogP contribution < -0.4 is 0 Å². The third-order valence-corrected chi connectivity index (χ3v) is 3.33. The predicted molar refractivity (Wildman–Crippen MR) is 71.0 cm³/mol. The van der Waals surface area contributed by atoms with E-state index in [1.807, 2.05) is 12.1 Å². The van der Waals surface area contributed by atoms with Crippen LogP contribution in [0, 0.1) is 0 Å². The van der Waals surface area contributed by atoms with Gasteiger partial charge in [0.05, 0.1) is 0 Å². The summed E-state index contributed by atoms with van der Waals surface area (Å²) in [7, 11) is 1.78. The molecule has 0 heterocycles. The fraction of sp³-hybridized carbons (Fsp3) is 0.250. The van der Waals surface area contributed by atoms with Crippen LogP contribution in [0.3, 0.4) is 0 Å². The molecule has 1 heteroatoms. The Morgan fingerprint density at radius 3 is 1.53 bits per heavy atom. The molecule has 17 heavy (non-hydrogen) atoms. The van der Waals surface area contributed by atoms with Gasteiger partial charge in [-0.05, 0) is 17.5 Å². The Balaban J connectivity index is 2.54. The van der Waals surface area contributed by atoms with Gasteiger partial charge in [0.25, 0.3) is 0 Å². The van der Waals surface area contributed by atoms with Crippen LogP contribution in [0.15, 0.2) is 60.7 Å². The molecule has 0 spiro atoms. The smallest absolute Gasteiger partial charge is 0.117 e. The molecule has 0 aliphatic heterocycles. The van der Waals surface area contributed by atoms with Crippen LogP contribution in [0.25, 0.3) is 0 Å². The Hall–Kier alpha value is -1.60. The highest BCUT2D eigenvalue weighted by Gasteiger charge is 2.31. The standard InChI is InChI=1S/C16H18O/c1-3-16(17-2,14-10-6-4-7-11-14)15-12-8-5-9-13-15/h4-13H,3H2,1-2H3. The minimum absolute atomic E-state index is 0.331. The van der Waals surface area contributed by atoms with Crippen LogP contribution in [0.1, 0.15) is 24.5 Å². The highest BCUT2D eigenvalue weighted by atomic mass is 16.5. The first-order valence-corrected chi connectivity index (χ1v) is 5.99. The molecule has 0 saturated heterocycles. The fourth-order valence-corrected chi connectivity index (χ4v) is 2.37. The van der Waals surface area contributed by atoms with E-state index in [-0.39, 0.29) is 5.60 Å². The van der Waals surface area contributed by atoms with Crippen LogP contribution in [0.4, 0.5) is 0 Å². The number of rotatable bonds is 4. The first-order valence-electron chi connectivity index (χ1n) is 5.99. The molecule has 88 valence electrons. The van der Waals surface area contributed by atoms with Crippen LogP contribution >= 0.6 is 0 Å². The first kappa shape index (κ1) is 11.9. The maximum Gasteiger partial charge on any atom is 0.117 e. The van der Waals surface area contributed by atoms with Crippen molar-refractivity contribution in [3.05, 3.63) is 71.8 Å². The summed E-state index contributed by atoms with van der Waals surface area (Å²) in [6.07, 6.45) is 0.914. The fourth-order valence-electron chi connectivity index (χ4n) is 2.37. The molecule has 0 bridgehead atoms. The largest absolute Gasteiger partial charge is 0.369 e. The van der Waals surface area contributed by atoms with E-state index in [0.29, 0.717) is 0 Å². The van der Waals surface area contributed by atoms with Crippen molar-refractivity contribution in [1.82, 2.24) is 0 Å². The Labute approximate surface area is 103 Å². The molecule has 0 saturated carbocycles. The average Bonchev–Trinajstić information content (AvgIpc) is 2.43. The second-order valence-electron chi connectivity index (χ2n) is 4.12. The summed E-state index contributed by atoms with van der Waals surface area (Å²) in [4.78, 5) is 0. The molecule has 0 N–H and O–H groups in total. The molecule has 0 aromatic heterocycles. The van der Waals surface area contributed by atoms with E-state index < -0.39 is 0 Å². The second-order valence-corrected chi connectivity index (χ2v) is 4.12. The van der Waals surface area contributed by atoms with Crippen molar-refractivity contribution in [3.8, 4) is 0 Å². The van der Waals surface area contributed by atoms with E-state index in [2.05, 4.69) is 55.5 Å². The maximum atomic E-state index is 5.86. The van der Waals surface area contributed by atoms with Crippen molar-refractivity contribution >= 4 is 0 Å². The normalized spacial score (nSPS) is 11.4. The zero-order valence-electron chi connectivity index (χ0n) is 10.4. The number of ether oxygens (including phenoxy) is 1. The van der Waals surface area contributed by atoms with E-state index in [1.165, 1.54) is 11.1 Å². The molecule has 0 unspecified atom stereocenters. The van der Waals surface area contributed by atoms with Gasteiger partial charge in [0.1, 0.15) is 5.60 Å². The Morgan fingerprint density at radius 1 is 0.824 bits per heavy atom. The minimum atomic E-state index is -0.331. The quantitative estimate of drug-likeness (QED) is 0.766. The van der Waals surface area contributed by atoms with Crippen LogP contribution in [-0.2, 0) is 10.3 Å². The lowest BCUT2D eigenvalue weighted by molar-refractivity contribution is 0.0186. The third kappa shape index (κ3) is 2.11. The second kappa shape index (κ2) is 5.15. The summed E-state index contributed by atoms with van der Waals surface area (Å²) in [5, 5.41) is 0. The average molecular weight is 226 g/mol. The number of benzene rings is 2. The van der Waals surface area contributed by atoms with Gasteiger partial charge >= 0.3 is 0 Å². The Morgan fingerprint density at radius 2 is 1.24 bits per heavy atom. The lowest BCUT2D eigenvalue weighted by atomic mass is 9.84. The zero-order chi connectivity index (χ0) is 12.1. The van der Waals surface area contributed by atoms with Gasteiger partial charge in [-0.1, -0.05) is 67.6 Å². The Kier molecular flexibility index (Phi) is 3.60. The van der Waals surface area contributed by atoms with Gasteiger partial charge in [0.2, 0.25) is 0 Å². The molecule has 2 aromatic carbocycles. The number of methoxy groups -OCH3 is 1. The van der Waals surface area contributed by atoms with Gasteiger partial charge in [-0.15, -0.1) is 0 Å². The topological polar surface area (TPSA) is 9.23 Å². The van der Waals surface area contributed by atoms with Crippen molar-refractivity contribution in [3.63, 3.8) is 0 Å². The lowest BCUT2D eigenvalue weighted by Gasteiger charge is -2.32. The van der Waals surface area contributed by atoms with Gasteiger partial charge < -0.3 is 4.74 Å². The van der Waals surface area contributed by atoms with Crippen molar-refractivity contribution in [2.24, 2.45) is 0 Å². The highest BCUT2D eigenvalue weighted by molar-refractivity contribution is 5.36. The van der Waals surface area contributed by atoms with E-state index >= 15 is 0 Å². The highest BCUT2D eigenvalue weighted by Crippen LogP contribution is 2.35. The maximum absolute atomic E-state index is 5.86. The molecular formula is C16H18O. The molecule has 0 aliphatic rings. The van der Waals surface area contributed by atoms with Gasteiger partial charge in [0.15, 0.2) is 0 Å². The summed E-state index contributed by atoms with van der Waals surface area (Å²) >= 11 is 0. The molecule has 2 aromatic rings. The van der Waals surface area contributed by atoms with E-state index in [0.717, 1.165) is 6.42 Å². The molecule has 0 radical (unpaired) electrons. The molecule has 0 amide bonds. The molecule has 1 nitrogen and oxygen atoms in total. The lowest BCUT2D eigenvalue weighted by Crippen LogP contribution is -2.29. The summed E-state index contributed by atoms with van der Waals surface area (Å²) in [5.74, 6) is 0. The van der Waals surface area contributed by atoms with E-state index in [1.54, 1.807) is 7.11 Å². The van der Waals surface area contributed by atoms with Crippen LogP contribution in [0.2, 0.25) is 0 Å². The molecular weight excluding hydrogens is 208 g/mol. The molecule has 0 atom stereocenters. The Bertz CT molecular complexity index is 402. The summed E-state index contributed by atoms with van der Waals surface area (Å²) in [6, 6.07) is 20.8. The zero-order valence-corrected chi connectivity index (χ0v) is 10.4. The van der Waals surface area contributed by atoms with Crippen LogP contribution in [-0.4, -0.2) is 7.11 Å². The summed E-state index contributed by atoms with van der Waals surface area (Å²) in [5.41, 5.74) is 2.08.